The maximum Gasteiger partial charge on any atom is 0.0156 e. The molecule has 0 N–H and O–H groups in total. The molecule has 3 unspecified atom stereocenters. The molecule has 0 aliphatic heterocycles. The Morgan fingerprint density at radius 2 is 1.25 bits per heavy atom. The second-order valence-corrected chi connectivity index (χ2v) is 20.5. The van der Waals surface area contributed by atoms with Gasteiger partial charge in [-0.1, -0.05) is 121 Å². The number of benzene rings is 2. The van der Waals surface area contributed by atoms with Crippen LogP contribution in [-0.2, 0) is 10.8 Å². The van der Waals surface area contributed by atoms with Crippen LogP contribution < -0.4 is 20.9 Å². The third kappa shape index (κ3) is 3.62. The molecular weight excluding hydrogens is 625 g/mol. The van der Waals surface area contributed by atoms with Gasteiger partial charge in [0.05, 0.1) is 0 Å². The highest BCUT2D eigenvalue weighted by Crippen LogP contribution is 2.64. The van der Waals surface area contributed by atoms with E-state index in [1.807, 2.05) is 0 Å². The van der Waals surface area contributed by atoms with Gasteiger partial charge in [-0.3, -0.25) is 0 Å². The lowest BCUT2D eigenvalue weighted by molar-refractivity contribution is 0.348. The molecule has 0 spiro atoms. The monoisotopic (exact) mass is 680 g/mol. The van der Waals surface area contributed by atoms with Crippen LogP contribution in [-0.4, -0.2) is 0 Å². The van der Waals surface area contributed by atoms with E-state index in [1.54, 1.807) is 88.4 Å². The van der Waals surface area contributed by atoms with Gasteiger partial charge in [-0.05, 0) is 186 Å². The van der Waals surface area contributed by atoms with Gasteiger partial charge in [-0.15, -0.1) is 0 Å². The Morgan fingerprint density at radius 1 is 0.596 bits per heavy atom. The molecule has 2 aromatic carbocycles. The minimum Gasteiger partial charge on any atom is -0.0761 e. The minimum absolute atomic E-state index is 0.0394. The quantitative estimate of drug-likeness (QED) is 0.296. The van der Waals surface area contributed by atoms with Crippen LogP contribution in [0, 0.1) is 35.5 Å². The van der Waals surface area contributed by atoms with Crippen LogP contribution in [0.4, 0.5) is 0 Å². The fourth-order valence-electron chi connectivity index (χ4n) is 13.6. The zero-order valence-corrected chi connectivity index (χ0v) is 33.4. The Hall–Kier alpha value is -3.64. The third-order valence-electron chi connectivity index (χ3n) is 16.7. The van der Waals surface area contributed by atoms with Gasteiger partial charge in [0.25, 0.3) is 0 Å². The first-order valence-corrected chi connectivity index (χ1v) is 20.7. The average molecular weight is 681 g/mol. The number of rotatable bonds is 2. The highest BCUT2D eigenvalue weighted by molar-refractivity contribution is 5.91. The first-order valence-electron chi connectivity index (χ1n) is 20.7. The molecule has 0 saturated carbocycles. The van der Waals surface area contributed by atoms with Crippen molar-refractivity contribution in [1.29, 1.82) is 0 Å². The predicted octanol–water partition coefficient (Wildman–Crippen LogP) is 10.0. The van der Waals surface area contributed by atoms with Gasteiger partial charge in [0.15, 0.2) is 0 Å². The van der Waals surface area contributed by atoms with Crippen molar-refractivity contribution >= 4 is 28.4 Å². The highest BCUT2D eigenvalue weighted by atomic mass is 14.6. The molecule has 0 radical (unpaired) electrons. The fraction of sp³-hybridized carbons (Fsp3) is 0.462. The molecule has 9 aliphatic rings. The largest absolute Gasteiger partial charge is 0.0761 e. The first kappa shape index (κ1) is 31.8. The summed E-state index contributed by atoms with van der Waals surface area (Å²) in [6.45, 7) is 25.2. The molecule has 11 rings (SSSR count). The molecule has 3 atom stereocenters. The summed E-state index contributed by atoms with van der Waals surface area (Å²) in [5.41, 5.74) is 24.9. The standard InChI is InChI=1S/C52H56/c1-27-21-37-47-43-33(27)13-11-15-35(43)49(3,4)39-23-31(25-41(45(39)47)51(37,7)8)29-17-19-30(20-18-29)32-24-40-46-42(26-32)52(9,10)38-22-28(2)34-14-12-16-36(50(40,5)6)44(34)48(38)46/h11,13-15,17,19,22,25-26,37,39-40H,12,16,18,20-21,23-24H2,1-10H3. The molecule has 0 nitrogen and oxygen atoms in total. The summed E-state index contributed by atoms with van der Waals surface area (Å²) in [6, 6.07) is 9.78. The van der Waals surface area contributed by atoms with Crippen LogP contribution in [0.3, 0.4) is 0 Å². The van der Waals surface area contributed by atoms with Crippen molar-refractivity contribution in [2.75, 3.05) is 0 Å². The van der Waals surface area contributed by atoms with Crippen LogP contribution in [0.25, 0.3) is 28.4 Å². The SMILES string of the molecule is CC1=c2cccc3c2=C2C4=C(C=C(C5=CC=C(C6=CC7=C8c9c(cc(C)c%10c9=C(CCC=%10)C(C)(C)C8C6)C7(C)C)CC5)CC4C3(C)C)C(C)(C)C2C1. The summed E-state index contributed by atoms with van der Waals surface area (Å²) in [4.78, 5) is 0. The Kier molecular flexibility index (Phi) is 5.95. The smallest absolute Gasteiger partial charge is 0.0156 e. The topological polar surface area (TPSA) is 0 Å². The van der Waals surface area contributed by atoms with Gasteiger partial charge in [0.2, 0.25) is 0 Å². The van der Waals surface area contributed by atoms with Gasteiger partial charge in [0.1, 0.15) is 0 Å². The normalized spacial score (nSPS) is 30.0. The van der Waals surface area contributed by atoms with Crippen molar-refractivity contribution < 1.29 is 0 Å². The number of aryl methyl sites for hydroxylation is 1. The van der Waals surface area contributed by atoms with E-state index < -0.39 is 0 Å². The molecule has 0 heteroatoms. The predicted molar refractivity (Wildman–Crippen MR) is 219 cm³/mol. The summed E-state index contributed by atoms with van der Waals surface area (Å²) in [5, 5.41) is 6.30. The van der Waals surface area contributed by atoms with E-state index in [1.165, 1.54) is 48.1 Å². The lowest BCUT2D eigenvalue weighted by atomic mass is 9.58. The second kappa shape index (κ2) is 9.71. The molecule has 0 amide bonds. The summed E-state index contributed by atoms with van der Waals surface area (Å²) in [7, 11) is 0. The van der Waals surface area contributed by atoms with E-state index in [2.05, 4.69) is 124 Å². The molecule has 0 heterocycles. The summed E-state index contributed by atoms with van der Waals surface area (Å²) in [5.74, 6) is 1.70. The van der Waals surface area contributed by atoms with Crippen molar-refractivity contribution in [3.63, 3.8) is 0 Å². The Bertz CT molecular complexity index is 2600. The minimum atomic E-state index is 0.0394. The van der Waals surface area contributed by atoms with E-state index in [9.17, 15) is 0 Å². The fourth-order valence-corrected chi connectivity index (χ4v) is 13.6. The molecular formula is C52H56. The van der Waals surface area contributed by atoms with Crippen LogP contribution in [0.15, 0.2) is 87.6 Å². The zero-order chi connectivity index (χ0) is 36.0. The molecule has 0 saturated heterocycles. The van der Waals surface area contributed by atoms with Crippen LogP contribution in [0.2, 0.25) is 0 Å². The Morgan fingerprint density at radius 3 is 1.94 bits per heavy atom. The lowest BCUT2D eigenvalue weighted by Crippen LogP contribution is -2.49. The third-order valence-corrected chi connectivity index (χ3v) is 16.7. The van der Waals surface area contributed by atoms with Gasteiger partial charge in [-0.2, -0.15) is 0 Å². The molecule has 264 valence electrons. The maximum atomic E-state index is 2.70. The van der Waals surface area contributed by atoms with Crippen LogP contribution in [0.1, 0.15) is 130 Å². The molecule has 52 heavy (non-hydrogen) atoms. The number of allylic oxidation sites excluding steroid dienone is 12. The van der Waals surface area contributed by atoms with Gasteiger partial charge >= 0.3 is 0 Å². The van der Waals surface area contributed by atoms with E-state index in [0.29, 0.717) is 17.8 Å². The zero-order valence-electron chi connectivity index (χ0n) is 33.4. The van der Waals surface area contributed by atoms with Crippen LogP contribution >= 0.6 is 0 Å². The summed E-state index contributed by atoms with van der Waals surface area (Å²) >= 11 is 0. The first-order chi connectivity index (χ1) is 24.6. The van der Waals surface area contributed by atoms with Crippen LogP contribution in [0.5, 0.6) is 0 Å². The van der Waals surface area contributed by atoms with Crippen molar-refractivity contribution in [1.82, 2.24) is 0 Å². The highest BCUT2D eigenvalue weighted by Gasteiger charge is 2.55. The van der Waals surface area contributed by atoms with E-state index in [0.717, 1.165) is 12.8 Å². The maximum absolute atomic E-state index is 2.70. The Balaban J connectivity index is 1.01. The molecule has 9 aliphatic carbocycles. The van der Waals surface area contributed by atoms with E-state index in [4.69, 9.17) is 0 Å². The van der Waals surface area contributed by atoms with E-state index in [-0.39, 0.29) is 21.7 Å². The second-order valence-electron chi connectivity index (χ2n) is 20.5. The van der Waals surface area contributed by atoms with Crippen molar-refractivity contribution in [3.05, 3.63) is 131 Å². The molecule has 0 aromatic heterocycles. The van der Waals surface area contributed by atoms with Crippen molar-refractivity contribution in [3.8, 4) is 0 Å². The summed E-state index contributed by atoms with van der Waals surface area (Å²) < 4.78 is 0. The molecule has 0 fully saturated rings. The molecule has 0 bridgehead atoms. The average Bonchev–Trinajstić information content (AvgIpc) is 3.49. The lowest BCUT2D eigenvalue weighted by Gasteiger charge is -2.45. The van der Waals surface area contributed by atoms with Crippen molar-refractivity contribution in [2.24, 2.45) is 28.6 Å². The number of hydrogen-bond acceptors (Lipinski definition) is 0. The van der Waals surface area contributed by atoms with Gasteiger partial charge in [-0.25, -0.2) is 0 Å². The van der Waals surface area contributed by atoms with Gasteiger partial charge in [0, 0.05) is 5.41 Å². The number of hydrogen-bond donors (Lipinski definition) is 0. The summed E-state index contributed by atoms with van der Waals surface area (Å²) in [6.07, 6.45) is 21.3. The van der Waals surface area contributed by atoms with Crippen molar-refractivity contribution in [2.45, 2.75) is 125 Å². The molecule has 2 aromatic rings. The van der Waals surface area contributed by atoms with E-state index >= 15 is 0 Å². The van der Waals surface area contributed by atoms with Gasteiger partial charge < -0.3 is 0 Å². The Labute approximate surface area is 311 Å².